The number of likely N-dealkylation sites (tertiary alicyclic amines) is 1. The molecule has 0 spiro atoms. The number of para-hydroxylation sites is 1. The van der Waals surface area contributed by atoms with E-state index in [1.165, 1.54) is 12.1 Å². The first-order chi connectivity index (χ1) is 17.4. The molecule has 36 heavy (non-hydrogen) atoms. The summed E-state index contributed by atoms with van der Waals surface area (Å²) in [6, 6.07) is 11.6. The van der Waals surface area contributed by atoms with Crippen LogP contribution in [0.3, 0.4) is 0 Å². The summed E-state index contributed by atoms with van der Waals surface area (Å²) < 4.78 is 15.3. The van der Waals surface area contributed by atoms with Gasteiger partial charge in [-0.2, -0.15) is 4.98 Å². The van der Waals surface area contributed by atoms with Crippen molar-refractivity contribution in [3.05, 3.63) is 64.5 Å². The average Bonchev–Trinajstić information content (AvgIpc) is 3.17. The number of imidazole rings is 1. The Morgan fingerprint density at radius 3 is 2.64 bits per heavy atom. The number of piperidine rings is 1. The van der Waals surface area contributed by atoms with E-state index < -0.39 is 5.82 Å². The lowest BCUT2D eigenvalue weighted by Crippen LogP contribution is -2.47. The van der Waals surface area contributed by atoms with Crippen molar-refractivity contribution in [3.8, 4) is 0 Å². The molecule has 1 aliphatic heterocycles. The smallest absolute Gasteiger partial charge is 0.321 e. The highest BCUT2D eigenvalue weighted by Gasteiger charge is 2.24. The molecular formula is C24H23Cl2FN8O. The largest absolute Gasteiger partial charge is 0.350 e. The van der Waals surface area contributed by atoms with Gasteiger partial charge in [0.2, 0.25) is 11.9 Å². The molecule has 2 aromatic heterocycles. The number of urea groups is 1. The van der Waals surface area contributed by atoms with Gasteiger partial charge >= 0.3 is 6.03 Å². The van der Waals surface area contributed by atoms with Crippen LogP contribution in [0.4, 0.5) is 32.5 Å². The number of benzene rings is 2. The minimum atomic E-state index is -0.527. The zero-order valence-electron chi connectivity index (χ0n) is 19.3. The summed E-state index contributed by atoms with van der Waals surface area (Å²) in [4.78, 5) is 28.0. The van der Waals surface area contributed by atoms with Crippen molar-refractivity contribution < 1.29 is 9.18 Å². The van der Waals surface area contributed by atoms with Gasteiger partial charge in [0.15, 0.2) is 5.65 Å². The standard InChI is InChI=1S/C24H23Cl2FN8O/c1-34-21-19(31-23(34)32-20-17(25)10-14(27)11-18(20)26)12-28-22(33-21)29-16-8-5-9-35(13-16)24(36)30-15-6-3-2-4-7-15/h2-4,6-7,10-12,16H,5,8-9,13H2,1H3,(H,30,36)(H,31,32)(H,28,29,33)/t16-/m1/s1. The van der Waals surface area contributed by atoms with Crippen LogP contribution in [0.25, 0.3) is 11.2 Å². The first kappa shape index (κ1) is 24.1. The van der Waals surface area contributed by atoms with Gasteiger partial charge in [-0.3, -0.25) is 4.57 Å². The predicted molar refractivity (Wildman–Crippen MR) is 140 cm³/mol. The molecule has 0 saturated carbocycles. The Morgan fingerprint density at radius 1 is 1.14 bits per heavy atom. The topological polar surface area (TPSA) is 100 Å². The molecule has 0 radical (unpaired) electrons. The third-order valence-corrected chi connectivity index (χ3v) is 6.52. The van der Waals surface area contributed by atoms with Crippen molar-refractivity contribution in [2.24, 2.45) is 7.05 Å². The molecule has 1 atom stereocenters. The van der Waals surface area contributed by atoms with Gasteiger partial charge < -0.3 is 20.9 Å². The second-order valence-corrected chi connectivity index (χ2v) is 9.31. The third-order valence-electron chi connectivity index (χ3n) is 5.92. The summed E-state index contributed by atoms with van der Waals surface area (Å²) in [5, 5.41) is 9.60. The summed E-state index contributed by atoms with van der Waals surface area (Å²) in [6.07, 6.45) is 3.36. The molecular weight excluding hydrogens is 506 g/mol. The normalized spacial score (nSPS) is 15.7. The summed E-state index contributed by atoms with van der Waals surface area (Å²) in [5.41, 5.74) is 2.25. The molecule has 2 aromatic carbocycles. The molecule has 1 fully saturated rings. The molecule has 186 valence electrons. The number of nitrogens with zero attached hydrogens (tertiary/aromatic N) is 5. The summed E-state index contributed by atoms with van der Waals surface area (Å²) in [5.74, 6) is 0.333. The van der Waals surface area contributed by atoms with Crippen molar-refractivity contribution in [2.75, 3.05) is 29.0 Å². The minimum Gasteiger partial charge on any atom is -0.350 e. The van der Waals surface area contributed by atoms with Crippen LogP contribution in [-0.2, 0) is 7.05 Å². The van der Waals surface area contributed by atoms with E-state index in [-0.39, 0.29) is 22.1 Å². The highest BCUT2D eigenvalue weighted by atomic mass is 35.5. The number of hydrogen-bond acceptors (Lipinski definition) is 6. The summed E-state index contributed by atoms with van der Waals surface area (Å²) in [7, 11) is 1.79. The molecule has 3 heterocycles. The van der Waals surface area contributed by atoms with E-state index in [1.54, 1.807) is 22.7 Å². The highest BCUT2D eigenvalue weighted by Crippen LogP contribution is 2.34. The molecule has 2 amide bonds. The van der Waals surface area contributed by atoms with Crippen LogP contribution in [0.2, 0.25) is 10.0 Å². The van der Waals surface area contributed by atoms with Crippen LogP contribution >= 0.6 is 23.2 Å². The maximum atomic E-state index is 13.5. The maximum Gasteiger partial charge on any atom is 0.321 e. The van der Waals surface area contributed by atoms with Gasteiger partial charge in [0.25, 0.3) is 0 Å². The number of hydrogen-bond donors (Lipinski definition) is 3. The molecule has 9 nitrogen and oxygen atoms in total. The van der Waals surface area contributed by atoms with Crippen LogP contribution in [-0.4, -0.2) is 49.6 Å². The van der Waals surface area contributed by atoms with E-state index >= 15 is 0 Å². The number of carbonyl (C=O) groups is 1. The number of aromatic nitrogens is 4. The second-order valence-electron chi connectivity index (χ2n) is 8.49. The third kappa shape index (κ3) is 5.14. The lowest BCUT2D eigenvalue weighted by atomic mass is 10.1. The number of fused-ring (bicyclic) bond motifs is 1. The molecule has 4 aromatic rings. The highest BCUT2D eigenvalue weighted by molar-refractivity contribution is 6.39. The van der Waals surface area contributed by atoms with Crippen molar-refractivity contribution in [1.29, 1.82) is 0 Å². The van der Waals surface area contributed by atoms with Crippen molar-refractivity contribution in [2.45, 2.75) is 18.9 Å². The lowest BCUT2D eigenvalue weighted by molar-refractivity contribution is 0.196. The fourth-order valence-electron chi connectivity index (χ4n) is 4.12. The first-order valence-corrected chi connectivity index (χ1v) is 12.1. The Morgan fingerprint density at radius 2 is 1.89 bits per heavy atom. The van der Waals surface area contributed by atoms with Gasteiger partial charge in [0.05, 0.1) is 21.9 Å². The minimum absolute atomic E-state index is 0.000347. The van der Waals surface area contributed by atoms with Gasteiger partial charge in [-0.15, -0.1) is 0 Å². The van der Waals surface area contributed by atoms with Crippen LogP contribution in [0.15, 0.2) is 48.7 Å². The molecule has 1 saturated heterocycles. The monoisotopic (exact) mass is 528 g/mol. The number of halogens is 3. The number of rotatable bonds is 5. The molecule has 12 heteroatoms. The summed E-state index contributed by atoms with van der Waals surface area (Å²) >= 11 is 12.3. The van der Waals surface area contributed by atoms with Crippen LogP contribution in [0.1, 0.15) is 12.8 Å². The molecule has 0 bridgehead atoms. The van der Waals surface area contributed by atoms with Crippen LogP contribution in [0.5, 0.6) is 0 Å². The zero-order chi connectivity index (χ0) is 25.2. The van der Waals surface area contributed by atoms with E-state index in [2.05, 4.69) is 30.9 Å². The van der Waals surface area contributed by atoms with Gasteiger partial charge in [0.1, 0.15) is 11.3 Å². The van der Waals surface area contributed by atoms with E-state index in [1.807, 2.05) is 30.3 Å². The number of anilines is 4. The van der Waals surface area contributed by atoms with Gasteiger partial charge in [-0.05, 0) is 37.1 Å². The Labute approximate surface area is 216 Å². The fourth-order valence-corrected chi connectivity index (χ4v) is 4.68. The van der Waals surface area contributed by atoms with Crippen molar-refractivity contribution >= 4 is 63.7 Å². The van der Waals surface area contributed by atoms with Gasteiger partial charge in [-0.1, -0.05) is 41.4 Å². The van der Waals surface area contributed by atoms with Crippen LogP contribution < -0.4 is 16.0 Å². The summed E-state index contributed by atoms with van der Waals surface area (Å²) in [6.45, 7) is 1.21. The molecule has 5 rings (SSSR count). The predicted octanol–water partition coefficient (Wildman–Crippen LogP) is 5.66. The molecule has 1 aliphatic rings. The van der Waals surface area contributed by atoms with Crippen molar-refractivity contribution in [3.63, 3.8) is 0 Å². The number of carbonyl (C=O) groups excluding carboxylic acids is 1. The van der Waals surface area contributed by atoms with Gasteiger partial charge in [-0.25, -0.2) is 19.2 Å². The van der Waals surface area contributed by atoms with Crippen molar-refractivity contribution in [1.82, 2.24) is 24.4 Å². The molecule has 0 aliphatic carbocycles. The second kappa shape index (κ2) is 10.2. The Kier molecular flexibility index (Phi) is 6.80. The number of amides is 2. The van der Waals surface area contributed by atoms with Gasteiger partial charge in [0, 0.05) is 31.9 Å². The van der Waals surface area contributed by atoms with E-state index in [4.69, 9.17) is 23.2 Å². The lowest BCUT2D eigenvalue weighted by Gasteiger charge is -2.33. The Bertz CT molecular complexity index is 1390. The first-order valence-electron chi connectivity index (χ1n) is 11.4. The average molecular weight is 529 g/mol. The fraction of sp³-hybridized carbons (Fsp3) is 0.250. The molecule has 0 unspecified atom stereocenters. The van der Waals surface area contributed by atoms with E-state index in [9.17, 15) is 9.18 Å². The maximum absolute atomic E-state index is 13.5. The van der Waals surface area contributed by atoms with E-state index in [0.717, 1.165) is 18.5 Å². The molecule has 3 N–H and O–H groups in total. The Balaban J connectivity index is 1.29. The van der Waals surface area contributed by atoms with Crippen LogP contribution in [0, 0.1) is 5.82 Å². The number of aryl methyl sites for hydroxylation is 1. The zero-order valence-corrected chi connectivity index (χ0v) is 20.8. The van der Waals surface area contributed by atoms with E-state index in [0.29, 0.717) is 41.8 Å². The quantitative estimate of drug-likeness (QED) is 0.309. The Hall–Kier alpha value is -3.63. The number of nitrogens with one attached hydrogen (secondary N) is 3. The SMILES string of the molecule is Cn1c(Nc2c(Cl)cc(F)cc2Cl)nc2cnc(N[C@@H]3CCCN(C(=O)Nc4ccccc4)C3)nc21.